The molecule has 1 aromatic carbocycles. The van der Waals surface area contributed by atoms with Crippen LogP contribution in [0.3, 0.4) is 0 Å². The Kier molecular flexibility index (Phi) is 2.82. The molecule has 0 bridgehead atoms. The molecule has 4 nitrogen and oxygen atoms in total. The first-order chi connectivity index (χ1) is 8.34. The van der Waals surface area contributed by atoms with Gasteiger partial charge in [0.25, 0.3) is 5.91 Å². The van der Waals surface area contributed by atoms with E-state index in [4.69, 9.17) is 4.74 Å². The zero-order valence-corrected chi connectivity index (χ0v) is 9.69. The van der Waals surface area contributed by atoms with E-state index in [0.29, 0.717) is 6.54 Å². The summed E-state index contributed by atoms with van der Waals surface area (Å²) >= 11 is 0. The molecule has 1 atom stereocenters. The SMILES string of the molecule is O=C1c2ccccc2CN1C[C@@H]1CNCCO1. The zero-order chi connectivity index (χ0) is 11.7. The van der Waals surface area contributed by atoms with Gasteiger partial charge in [0.1, 0.15) is 0 Å². The summed E-state index contributed by atoms with van der Waals surface area (Å²) in [6.07, 6.45) is 0.127. The van der Waals surface area contributed by atoms with Gasteiger partial charge in [0, 0.05) is 31.7 Å². The number of benzene rings is 1. The van der Waals surface area contributed by atoms with Crippen molar-refractivity contribution in [1.29, 1.82) is 0 Å². The van der Waals surface area contributed by atoms with E-state index >= 15 is 0 Å². The van der Waals surface area contributed by atoms with Crippen LogP contribution in [0, 0.1) is 0 Å². The lowest BCUT2D eigenvalue weighted by Crippen LogP contribution is -2.45. The number of rotatable bonds is 2. The van der Waals surface area contributed by atoms with E-state index in [1.807, 2.05) is 29.2 Å². The van der Waals surface area contributed by atoms with Gasteiger partial charge in [0.2, 0.25) is 0 Å². The van der Waals surface area contributed by atoms with Crippen molar-refractivity contribution >= 4 is 5.91 Å². The van der Waals surface area contributed by atoms with Crippen LogP contribution in [-0.2, 0) is 11.3 Å². The van der Waals surface area contributed by atoms with Crippen molar-refractivity contribution in [2.24, 2.45) is 0 Å². The van der Waals surface area contributed by atoms with Crippen LogP contribution in [0.25, 0.3) is 0 Å². The average molecular weight is 232 g/mol. The number of ether oxygens (including phenoxy) is 1. The first-order valence-corrected chi connectivity index (χ1v) is 6.04. The third-order valence-corrected chi connectivity index (χ3v) is 3.32. The van der Waals surface area contributed by atoms with Crippen molar-refractivity contribution in [3.8, 4) is 0 Å². The topological polar surface area (TPSA) is 41.6 Å². The standard InChI is InChI=1S/C13H16N2O2/c16-13-12-4-2-1-3-10(12)8-15(13)9-11-7-14-5-6-17-11/h1-4,11,14H,5-9H2/t11-/m0/s1. The second-order valence-corrected chi connectivity index (χ2v) is 4.54. The smallest absolute Gasteiger partial charge is 0.254 e. The van der Waals surface area contributed by atoms with E-state index in [9.17, 15) is 4.79 Å². The molecule has 0 saturated carbocycles. The quantitative estimate of drug-likeness (QED) is 0.813. The van der Waals surface area contributed by atoms with Gasteiger partial charge in [-0.1, -0.05) is 18.2 Å². The van der Waals surface area contributed by atoms with E-state index < -0.39 is 0 Å². The molecule has 0 aliphatic carbocycles. The number of hydrogen-bond donors (Lipinski definition) is 1. The molecule has 1 saturated heterocycles. The van der Waals surface area contributed by atoms with Crippen molar-refractivity contribution in [2.45, 2.75) is 12.6 Å². The van der Waals surface area contributed by atoms with Crippen LogP contribution < -0.4 is 5.32 Å². The van der Waals surface area contributed by atoms with E-state index in [1.165, 1.54) is 0 Å². The van der Waals surface area contributed by atoms with Crippen molar-refractivity contribution < 1.29 is 9.53 Å². The highest BCUT2D eigenvalue weighted by molar-refractivity contribution is 5.98. The van der Waals surface area contributed by atoms with Crippen LogP contribution in [0.2, 0.25) is 0 Å². The van der Waals surface area contributed by atoms with E-state index in [2.05, 4.69) is 5.32 Å². The summed E-state index contributed by atoms with van der Waals surface area (Å²) in [7, 11) is 0. The van der Waals surface area contributed by atoms with Gasteiger partial charge in [0.05, 0.1) is 12.7 Å². The molecule has 2 aliphatic rings. The van der Waals surface area contributed by atoms with Crippen molar-refractivity contribution in [3.05, 3.63) is 35.4 Å². The number of morpholine rings is 1. The van der Waals surface area contributed by atoms with E-state index in [0.717, 1.165) is 37.4 Å². The number of carbonyl (C=O) groups is 1. The molecule has 2 aliphatic heterocycles. The molecule has 3 rings (SSSR count). The summed E-state index contributed by atoms with van der Waals surface area (Å²) in [5.74, 6) is 0.134. The molecule has 1 N–H and O–H groups in total. The third-order valence-electron chi connectivity index (χ3n) is 3.32. The Bertz CT molecular complexity index is 427. The minimum atomic E-state index is 0.127. The molecule has 17 heavy (non-hydrogen) atoms. The maximum absolute atomic E-state index is 12.1. The third kappa shape index (κ3) is 2.06. The lowest BCUT2D eigenvalue weighted by Gasteiger charge is -2.27. The van der Waals surface area contributed by atoms with Crippen LogP contribution in [0.15, 0.2) is 24.3 Å². The number of nitrogens with zero attached hydrogens (tertiary/aromatic N) is 1. The fourth-order valence-electron chi connectivity index (χ4n) is 2.44. The molecule has 0 aromatic heterocycles. The van der Waals surface area contributed by atoms with Crippen molar-refractivity contribution in [2.75, 3.05) is 26.2 Å². The first-order valence-electron chi connectivity index (χ1n) is 6.04. The Morgan fingerprint density at radius 3 is 3.06 bits per heavy atom. The number of hydrogen-bond acceptors (Lipinski definition) is 3. The Balaban J connectivity index is 1.69. The second kappa shape index (κ2) is 4.47. The summed E-state index contributed by atoms with van der Waals surface area (Å²) in [6.45, 7) is 3.87. The van der Waals surface area contributed by atoms with Gasteiger partial charge < -0.3 is 15.0 Å². The minimum absolute atomic E-state index is 0.127. The summed E-state index contributed by atoms with van der Waals surface area (Å²) in [5, 5.41) is 3.28. The van der Waals surface area contributed by atoms with Gasteiger partial charge in [-0.15, -0.1) is 0 Å². The summed E-state index contributed by atoms with van der Waals surface area (Å²) in [5.41, 5.74) is 1.97. The summed E-state index contributed by atoms with van der Waals surface area (Å²) in [4.78, 5) is 14.0. The Labute approximate surface area is 101 Å². The predicted molar refractivity (Wildman–Crippen MR) is 63.8 cm³/mol. The highest BCUT2D eigenvalue weighted by Crippen LogP contribution is 2.22. The lowest BCUT2D eigenvalue weighted by atomic mass is 10.1. The fraction of sp³-hybridized carbons (Fsp3) is 0.462. The lowest BCUT2D eigenvalue weighted by molar-refractivity contribution is 0.00683. The number of amides is 1. The molecule has 0 radical (unpaired) electrons. The van der Waals surface area contributed by atoms with Gasteiger partial charge >= 0.3 is 0 Å². The molecule has 1 aromatic rings. The molecule has 0 spiro atoms. The van der Waals surface area contributed by atoms with Crippen LogP contribution in [0.1, 0.15) is 15.9 Å². The van der Waals surface area contributed by atoms with Crippen molar-refractivity contribution in [3.63, 3.8) is 0 Å². The monoisotopic (exact) mass is 232 g/mol. The molecular weight excluding hydrogens is 216 g/mol. The molecule has 4 heteroatoms. The molecule has 0 unspecified atom stereocenters. The van der Waals surface area contributed by atoms with Gasteiger partial charge in [0.15, 0.2) is 0 Å². The summed E-state index contributed by atoms with van der Waals surface area (Å²) < 4.78 is 5.63. The van der Waals surface area contributed by atoms with Gasteiger partial charge in [-0.2, -0.15) is 0 Å². The van der Waals surface area contributed by atoms with Crippen LogP contribution >= 0.6 is 0 Å². The zero-order valence-electron chi connectivity index (χ0n) is 9.69. The van der Waals surface area contributed by atoms with Crippen LogP contribution in [-0.4, -0.2) is 43.2 Å². The van der Waals surface area contributed by atoms with Crippen LogP contribution in [0.5, 0.6) is 0 Å². The maximum Gasteiger partial charge on any atom is 0.254 e. The highest BCUT2D eigenvalue weighted by atomic mass is 16.5. The fourth-order valence-corrected chi connectivity index (χ4v) is 2.44. The highest BCUT2D eigenvalue weighted by Gasteiger charge is 2.29. The Morgan fingerprint density at radius 1 is 1.41 bits per heavy atom. The average Bonchev–Trinajstić information content (AvgIpc) is 2.68. The first kappa shape index (κ1) is 10.7. The minimum Gasteiger partial charge on any atom is -0.374 e. The maximum atomic E-state index is 12.1. The van der Waals surface area contributed by atoms with Gasteiger partial charge in [-0.3, -0.25) is 4.79 Å². The molecule has 1 amide bonds. The Hall–Kier alpha value is -1.39. The normalized spacial score (nSPS) is 23.9. The number of nitrogens with one attached hydrogen (secondary N) is 1. The second-order valence-electron chi connectivity index (χ2n) is 4.54. The van der Waals surface area contributed by atoms with Gasteiger partial charge in [-0.05, 0) is 11.6 Å². The Morgan fingerprint density at radius 2 is 2.29 bits per heavy atom. The molecular formula is C13H16N2O2. The molecule has 90 valence electrons. The number of fused-ring (bicyclic) bond motifs is 1. The van der Waals surface area contributed by atoms with Gasteiger partial charge in [-0.25, -0.2) is 0 Å². The largest absolute Gasteiger partial charge is 0.374 e. The predicted octanol–water partition coefficient (Wildman–Crippen LogP) is 0.631. The number of carbonyl (C=O) groups excluding carboxylic acids is 1. The van der Waals surface area contributed by atoms with E-state index in [-0.39, 0.29) is 12.0 Å². The van der Waals surface area contributed by atoms with Crippen LogP contribution in [0.4, 0.5) is 0 Å². The van der Waals surface area contributed by atoms with E-state index in [1.54, 1.807) is 0 Å². The molecule has 1 fully saturated rings. The van der Waals surface area contributed by atoms with Crippen molar-refractivity contribution in [1.82, 2.24) is 10.2 Å². The summed E-state index contributed by atoms with van der Waals surface area (Å²) in [6, 6.07) is 7.82. The molecule has 2 heterocycles.